The fourth-order valence-electron chi connectivity index (χ4n) is 5.93. The number of hydrogen-bond donors (Lipinski definition) is 4. The van der Waals surface area contributed by atoms with Crippen molar-refractivity contribution in [1.29, 1.82) is 0 Å². The number of rotatable bonds is 8. The van der Waals surface area contributed by atoms with E-state index in [1.54, 1.807) is 11.9 Å². The summed E-state index contributed by atoms with van der Waals surface area (Å²) in [5.74, 6) is 0.0779. The highest BCUT2D eigenvalue weighted by Gasteiger charge is 2.42. The molecule has 1 aliphatic heterocycles. The number of aliphatic hydroxyl groups excluding tert-OH is 1. The van der Waals surface area contributed by atoms with Crippen LogP contribution in [-0.2, 0) is 29.0 Å². The molecule has 7 heteroatoms. The molecule has 2 aromatic rings. The lowest BCUT2D eigenvalue weighted by molar-refractivity contribution is -0.147. The maximum Gasteiger partial charge on any atom is 0.243 e. The summed E-state index contributed by atoms with van der Waals surface area (Å²) < 4.78 is 0. The second-order valence-electron chi connectivity index (χ2n) is 13.0. The van der Waals surface area contributed by atoms with Crippen molar-refractivity contribution in [2.75, 3.05) is 7.05 Å². The summed E-state index contributed by atoms with van der Waals surface area (Å²) in [6.07, 6.45) is 2.47. The number of amides is 2. The monoisotopic (exact) mass is 548 g/mol. The molecule has 0 fully saturated rings. The largest absolute Gasteiger partial charge is 0.377 e. The van der Waals surface area contributed by atoms with Gasteiger partial charge in [-0.15, -0.1) is 0 Å². The van der Waals surface area contributed by atoms with Crippen LogP contribution in [0.4, 0.5) is 0 Å². The van der Waals surface area contributed by atoms with Gasteiger partial charge in [0.15, 0.2) is 0 Å². The molecule has 0 spiro atoms. The Morgan fingerprint density at radius 2 is 1.75 bits per heavy atom. The van der Waals surface area contributed by atoms with Crippen LogP contribution in [-0.4, -0.2) is 53.2 Å². The van der Waals surface area contributed by atoms with Crippen LogP contribution in [0.1, 0.15) is 94.2 Å². The molecule has 7 nitrogen and oxygen atoms in total. The summed E-state index contributed by atoms with van der Waals surface area (Å²) in [7, 11) is 1.78. The highest BCUT2D eigenvalue weighted by Crippen LogP contribution is 2.33. The average Bonchev–Trinajstić information content (AvgIpc) is 2.93. The number of nitrogens with one attached hydrogen (secondary N) is 3. The minimum Gasteiger partial charge on any atom is -0.377 e. The fraction of sp³-hybridized carbons (Fsp3) is 0.576. The molecule has 0 aromatic heterocycles. The molecule has 1 heterocycles. The normalized spacial score (nSPS) is 21.3. The average molecular weight is 549 g/mol. The van der Waals surface area contributed by atoms with E-state index >= 15 is 0 Å². The lowest BCUT2D eigenvalue weighted by Crippen LogP contribution is -2.63. The lowest BCUT2D eigenvalue weighted by atomic mass is 9.83. The zero-order chi connectivity index (χ0) is 29.2. The Morgan fingerprint density at radius 3 is 2.42 bits per heavy atom. The van der Waals surface area contributed by atoms with Crippen molar-refractivity contribution < 1.29 is 14.7 Å². The molecule has 218 valence electrons. The minimum absolute atomic E-state index is 0.0612. The zero-order valence-electron chi connectivity index (χ0n) is 25.3. The zero-order valence-corrected chi connectivity index (χ0v) is 25.3. The third kappa shape index (κ3) is 6.59. The van der Waals surface area contributed by atoms with Crippen LogP contribution in [0, 0.1) is 5.41 Å². The van der Waals surface area contributed by atoms with Crippen molar-refractivity contribution in [3.8, 4) is 0 Å². The second-order valence-corrected chi connectivity index (χ2v) is 13.0. The van der Waals surface area contributed by atoms with Gasteiger partial charge in [0.2, 0.25) is 11.8 Å². The van der Waals surface area contributed by atoms with Gasteiger partial charge in [-0.05, 0) is 72.4 Å². The van der Waals surface area contributed by atoms with E-state index in [9.17, 15) is 14.7 Å². The number of carbonyl (C=O) groups is 2. The maximum atomic E-state index is 14.4. The maximum absolute atomic E-state index is 14.4. The molecule has 4 rings (SSSR count). The lowest BCUT2D eigenvalue weighted by Gasteiger charge is -2.42. The smallest absolute Gasteiger partial charge is 0.243 e. The Bertz CT molecular complexity index is 1200. The molecule has 40 heavy (non-hydrogen) atoms. The molecule has 4 N–H and O–H groups in total. The minimum atomic E-state index is -0.922. The Kier molecular flexibility index (Phi) is 9.38. The van der Waals surface area contributed by atoms with Gasteiger partial charge in [-0.1, -0.05) is 77.1 Å². The molecule has 0 saturated carbocycles. The van der Waals surface area contributed by atoms with Crippen LogP contribution in [0.15, 0.2) is 42.5 Å². The van der Waals surface area contributed by atoms with Gasteiger partial charge in [0.25, 0.3) is 0 Å². The van der Waals surface area contributed by atoms with E-state index < -0.39 is 23.7 Å². The van der Waals surface area contributed by atoms with Gasteiger partial charge < -0.3 is 20.6 Å². The van der Waals surface area contributed by atoms with Crippen molar-refractivity contribution >= 4 is 11.8 Å². The molecular formula is C33H48N4O3. The van der Waals surface area contributed by atoms with E-state index in [4.69, 9.17) is 0 Å². The Morgan fingerprint density at radius 1 is 1.02 bits per heavy atom. The van der Waals surface area contributed by atoms with Gasteiger partial charge in [0.1, 0.15) is 12.3 Å². The first-order chi connectivity index (χ1) is 18.9. The molecule has 2 aromatic carbocycles. The van der Waals surface area contributed by atoms with E-state index in [1.165, 1.54) is 16.7 Å². The van der Waals surface area contributed by atoms with Crippen LogP contribution in [0.2, 0.25) is 0 Å². The molecule has 2 amide bonds. The van der Waals surface area contributed by atoms with E-state index in [0.717, 1.165) is 30.4 Å². The highest BCUT2D eigenvalue weighted by atomic mass is 16.3. The van der Waals surface area contributed by atoms with E-state index in [-0.39, 0.29) is 23.9 Å². The summed E-state index contributed by atoms with van der Waals surface area (Å²) in [4.78, 5) is 30.2. The summed E-state index contributed by atoms with van der Waals surface area (Å²) in [6.45, 7) is 12.5. The molecule has 0 bridgehead atoms. The predicted molar refractivity (Wildman–Crippen MR) is 160 cm³/mol. The topological polar surface area (TPSA) is 93.7 Å². The van der Waals surface area contributed by atoms with Crippen molar-refractivity contribution in [2.24, 2.45) is 5.41 Å². The molecule has 2 aliphatic rings. The van der Waals surface area contributed by atoms with Gasteiger partial charge in [0, 0.05) is 19.0 Å². The fourth-order valence-corrected chi connectivity index (χ4v) is 5.93. The summed E-state index contributed by atoms with van der Waals surface area (Å²) in [5, 5.41) is 20.4. The van der Waals surface area contributed by atoms with E-state index in [0.29, 0.717) is 18.9 Å². The number of fused-ring (bicyclic) bond motifs is 2. The van der Waals surface area contributed by atoms with Gasteiger partial charge in [0.05, 0.1) is 12.1 Å². The molecular weight excluding hydrogens is 500 g/mol. The van der Waals surface area contributed by atoms with Crippen molar-refractivity contribution in [3.05, 3.63) is 70.3 Å². The number of aliphatic hydroxyl groups is 1. The third-order valence-corrected chi connectivity index (χ3v) is 8.68. The molecule has 0 radical (unpaired) electrons. The van der Waals surface area contributed by atoms with Crippen LogP contribution in [0.5, 0.6) is 0 Å². The molecule has 1 aliphatic carbocycles. The number of nitrogens with zero attached hydrogens (tertiary/aromatic N) is 1. The standard InChI is InChI=1S/C33H48N4O3/c1-20(2)23-15-16-24-18-28(31(39)35-27-14-10-12-22-11-8-9-13-26(22)27)37(19-25(24)17-23)32(40)29(33(4,5)6)36-30(38)21(3)34-7/h8-9,11,13,15-17,20-21,27-30,34,36,38H,10,12,14,18-19H2,1-7H3,(H,35,39)/t21-,27+,28-,29+,30?/m0/s1. The van der Waals surface area contributed by atoms with Crippen molar-refractivity contribution in [2.45, 2.75) is 110 Å². The predicted octanol–water partition coefficient (Wildman–Crippen LogP) is 4.19. The first kappa shape index (κ1) is 30.2. The van der Waals surface area contributed by atoms with Crippen LogP contribution in [0.25, 0.3) is 0 Å². The van der Waals surface area contributed by atoms with Crippen LogP contribution < -0.4 is 16.0 Å². The van der Waals surface area contributed by atoms with E-state index in [2.05, 4.69) is 66.2 Å². The number of likely N-dealkylation sites (N-methyl/N-ethyl adjacent to an activating group) is 1. The summed E-state index contributed by atoms with van der Waals surface area (Å²) in [5.41, 5.74) is 5.39. The van der Waals surface area contributed by atoms with Crippen LogP contribution in [0.3, 0.4) is 0 Å². The molecule has 1 unspecified atom stereocenters. The number of carbonyl (C=O) groups excluding carboxylic acids is 2. The van der Waals surface area contributed by atoms with Gasteiger partial charge in [-0.3, -0.25) is 14.9 Å². The van der Waals surface area contributed by atoms with Crippen molar-refractivity contribution in [1.82, 2.24) is 20.9 Å². The summed E-state index contributed by atoms with van der Waals surface area (Å²) >= 11 is 0. The quantitative estimate of drug-likeness (QED) is 0.371. The first-order valence-electron chi connectivity index (χ1n) is 14.8. The van der Waals surface area contributed by atoms with Gasteiger partial charge in [-0.2, -0.15) is 0 Å². The number of aryl methyl sites for hydroxylation is 1. The number of hydrogen-bond acceptors (Lipinski definition) is 5. The Hall–Kier alpha value is -2.74. The third-order valence-electron chi connectivity index (χ3n) is 8.68. The SMILES string of the molecule is CN[C@@H](C)C(O)N[C@H](C(=O)N1Cc2cc(C(C)C)ccc2C[C@H]1C(=O)N[C@@H]1CCCc2ccccc21)C(C)(C)C. The van der Waals surface area contributed by atoms with Gasteiger partial charge in [-0.25, -0.2) is 0 Å². The van der Waals surface area contributed by atoms with Gasteiger partial charge >= 0.3 is 0 Å². The van der Waals surface area contributed by atoms with Crippen LogP contribution >= 0.6 is 0 Å². The highest BCUT2D eigenvalue weighted by molar-refractivity contribution is 5.91. The Labute approximate surface area is 240 Å². The Balaban J connectivity index is 1.67. The number of benzene rings is 2. The second kappa shape index (κ2) is 12.4. The first-order valence-corrected chi connectivity index (χ1v) is 14.8. The van der Waals surface area contributed by atoms with E-state index in [1.807, 2.05) is 33.8 Å². The van der Waals surface area contributed by atoms with Crippen molar-refractivity contribution in [3.63, 3.8) is 0 Å². The molecule has 5 atom stereocenters. The molecule has 0 saturated heterocycles. The summed E-state index contributed by atoms with van der Waals surface area (Å²) in [6, 6.07) is 13.2.